The maximum absolute atomic E-state index is 10.8. The molecule has 1 heterocycles. The number of nitrogens with zero attached hydrogens (tertiary/aromatic N) is 1. The molecule has 13 heavy (non-hydrogen) atoms. The molecule has 0 amide bonds. The van der Waals surface area contributed by atoms with Crippen molar-refractivity contribution >= 4 is 27.6 Å². The molecule has 0 fully saturated rings. The number of hydrogen-bond acceptors (Lipinski definition) is 3. The Hall–Kier alpha value is -1.16. The summed E-state index contributed by atoms with van der Waals surface area (Å²) in [6.45, 7) is 0. The SMILES string of the molecule is O=C1CC(c2cccc(Br)c2)=NO1. The number of rotatable bonds is 1. The molecule has 1 aromatic rings. The maximum Gasteiger partial charge on any atom is 0.341 e. The number of halogens is 1. The first-order valence-electron chi connectivity index (χ1n) is 3.78. The molecule has 0 unspecified atom stereocenters. The van der Waals surface area contributed by atoms with Crippen molar-refractivity contribution in [3.8, 4) is 0 Å². The smallest absolute Gasteiger partial charge is 0.318 e. The zero-order valence-corrected chi connectivity index (χ0v) is 8.24. The van der Waals surface area contributed by atoms with Gasteiger partial charge in [-0.15, -0.1) is 0 Å². The summed E-state index contributed by atoms with van der Waals surface area (Å²) in [6, 6.07) is 7.61. The molecule has 0 spiro atoms. The van der Waals surface area contributed by atoms with Crippen LogP contribution in [0.1, 0.15) is 12.0 Å². The zero-order chi connectivity index (χ0) is 9.26. The fraction of sp³-hybridized carbons (Fsp3) is 0.111. The maximum atomic E-state index is 10.8. The van der Waals surface area contributed by atoms with E-state index >= 15 is 0 Å². The van der Waals surface area contributed by atoms with Crippen LogP contribution in [0, 0.1) is 0 Å². The summed E-state index contributed by atoms with van der Waals surface area (Å²) in [5.41, 5.74) is 1.60. The van der Waals surface area contributed by atoms with E-state index in [1.165, 1.54) is 0 Å². The predicted molar refractivity (Wildman–Crippen MR) is 51.4 cm³/mol. The van der Waals surface area contributed by atoms with Crippen molar-refractivity contribution in [2.75, 3.05) is 0 Å². The fourth-order valence-electron chi connectivity index (χ4n) is 1.13. The van der Waals surface area contributed by atoms with Crippen molar-refractivity contribution < 1.29 is 9.63 Å². The number of hydrogen-bond donors (Lipinski definition) is 0. The van der Waals surface area contributed by atoms with Gasteiger partial charge in [0.2, 0.25) is 0 Å². The van der Waals surface area contributed by atoms with Crippen LogP contribution >= 0.6 is 15.9 Å². The second-order valence-electron chi connectivity index (χ2n) is 2.69. The first-order chi connectivity index (χ1) is 6.25. The van der Waals surface area contributed by atoms with E-state index in [-0.39, 0.29) is 12.4 Å². The van der Waals surface area contributed by atoms with E-state index in [0.717, 1.165) is 10.0 Å². The summed E-state index contributed by atoms with van der Waals surface area (Å²) in [5, 5.41) is 3.67. The lowest BCUT2D eigenvalue weighted by Crippen LogP contribution is -2.00. The lowest BCUT2D eigenvalue weighted by Gasteiger charge is -1.96. The Labute approximate surface area is 83.5 Å². The minimum atomic E-state index is -0.296. The molecule has 0 aromatic heterocycles. The van der Waals surface area contributed by atoms with Crippen LogP contribution in [-0.2, 0) is 9.63 Å². The predicted octanol–water partition coefficient (Wildman–Crippen LogP) is 2.10. The lowest BCUT2D eigenvalue weighted by molar-refractivity contribution is -0.140. The minimum Gasteiger partial charge on any atom is -0.318 e. The Bertz CT molecular complexity index is 387. The van der Waals surface area contributed by atoms with Crippen molar-refractivity contribution in [3.63, 3.8) is 0 Å². The van der Waals surface area contributed by atoms with Crippen LogP contribution in [0.3, 0.4) is 0 Å². The molecule has 1 aliphatic rings. The molecule has 0 radical (unpaired) electrons. The van der Waals surface area contributed by atoms with Gasteiger partial charge >= 0.3 is 5.97 Å². The van der Waals surface area contributed by atoms with Gasteiger partial charge in [0, 0.05) is 10.0 Å². The van der Waals surface area contributed by atoms with Gasteiger partial charge in [-0.25, -0.2) is 4.79 Å². The van der Waals surface area contributed by atoms with Gasteiger partial charge in [0.15, 0.2) is 0 Å². The molecular formula is C9H6BrNO2. The van der Waals surface area contributed by atoms with Crippen molar-refractivity contribution in [2.24, 2.45) is 5.16 Å². The van der Waals surface area contributed by atoms with Crippen LogP contribution in [0.15, 0.2) is 33.9 Å². The molecule has 1 aliphatic heterocycles. The second kappa shape index (κ2) is 3.30. The average molecular weight is 240 g/mol. The average Bonchev–Trinajstić information content (AvgIpc) is 2.52. The third kappa shape index (κ3) is 1.78. The highest BCUT2D eigenvalue weighted by atomic mass is 79.9. The number of oxime groups is 1. The molecule has 3 nitrogen and oxygen atoms in total. The highest BCUT2D eigenvalue weighted by Gasteiger charge is 2.18. The highest BCUT2D eigenvalue weighted by molar-refractivity contribution is 9.10. The van der Waals surface area contributed by atoms with Crippen LogP contribution in [0.25, 0.3) is 0 Å². The molecular weight excluding hydrogens is 234 g/mol. The van der Waals surface area contributed by atoms with E-state index in [1.807, 2.05) is 24.3 Å². The fourth-order valence-corrected chi connectivity index (χ4v) is 1.53. The van der Waals surface area contributed by atoms with Gasteiger partial charge in [-0.3, -0.25) is 0 Å². The van der Waals surface area contributed by atoms with Crippen LogP contribution in [0.4, 0.5) is 0 Å². The minimum absolute atomic E-state index is 0.260. The van der Waals surface area contributed by atoms with E-state index < -0.39 is 0 Å². The first-order valence-corrected chi connectivity index (χ1v) is 4.57. The Morgan fingerprint density at radius 2 is 2.31 bits per heavy atom. The molecule has 2 rings (SSSR count). The second-order valence-corrected chi connectivity index (χ2v) is 3.60. The van der Waals surface area contributed by atoms with Gasteiger partial charge in [0.25, 0.3) is 0 Å². The highest BCUT2D eigenvalue weighted by Crippen LogP contribution is 2.16. The summed E-state index contributed by atoms with van der Waals surface area (Å²) in [4.78, 5) is 15.3. The molecule has 0 bridgehead atoms. The van der Waals surface area contributed by atoms with Gasteiger partial charge in [-0.05, 0) is 12.1 Å². The van der Waals surface area contributed by atoms with Crippen molar-refractivity contribution in [1.82, 2.24) is 0 Å². The summed E-state index contributed by atoms with van der Waals surface area (Å²) in [6.07, 6.45) is 0.260. The molecule has 0 aliphatic carbocycles. The van der Waals surface area contributed by atoms with E-state index in [9.17, 15) is 4.79 Å². The van der Waals surface area contributed by atoms with Gasteiger partial charge < -0.3 is 4.84 Å². The molecule has 4 heteroatoms. The summed E-state index contributed by atoms with van der Waals surface area (Å²) >= 11 is 3.34. The van der Waals surface area contributed by atoms with E-state index in [0.29, 0.717) is 5.71 Å². The molecule has 0 saturated heterocycles. The molecule has 66 valence electrons. The Morgan fingerprint density at radius 1 is 1.46 bits per heavy atom. The molecule has 0 N–H and O–H groups in total. The van der Waals surface area contributed by atoms with E-state index in [4.69, 9.17) is 0 Å². The topological polar surface area (TPSA) is 38.7 Å². The Balaban J connectivity index is 2.31. The Morgan fingerprint density at radius 3 is 2.92 bits per heavy atom. The van der Waals surface area contributed by atoms with Gasteiger partial charge in [0.05, 0.1) is 12.1 Å². The van der Waals surface area contributed by atoms with Gasteiger partial charge in [-0.1, -0.05) is 33.2 Å². The standard InChI is InChI=1S/C9H6BrNO2/c10-7-3-1-2-6(4-7)8-5-9(12)13-11-8/h1-4H,5H2. The number of carbonyl (C=O) groups is 1. The molecule has 0 atom stereocenters. The van der Waals surface area contributed by atoms with Crippen LogP contribution in [-0.4, -0.2) is 11.7 Å². The van der Waals surface area contributed by atoms with Crippen molar-refractivity contribution in [1.29, 1.82) is 0 Å². The van der Waals surface area contributed by atoms with Crippen molar-refractivity contribution in [2.45, 2.75) is 6.42 Å². The zero-order valence-electron chi connectivity index (χ0n) is 6.66. The van der Waals surface area contributed by atoms with E-state index in [1.54, 1.807) is 0 Å². The largest absolute Gasteiger partial charge is 0.341 e. The van der Waals surface area contributed by atoms with E-state index in [2.05, 4.69) is 25.9 Å². The summed E-state index contributed by atoms with van der Waals surface area (Å²) < 4.78 is 0.965. The summed E-state index contributed by atoms with van der Waals surface area (Å²) in [5.74, 6) is -0.296. The first kappa shape index (κ1) is 8.44. The monoisotopic (exact) mass is 239 g/mol. The summed E-state index contributed by atoms with van der Waals surface area (Å²) in [7, 11) is 0. The van der Waals surface area contributed by atoms with Crippen molar-refractivity contribution in [3.05, 3.63) is 34.3 Å². The quantitative estimate of drug-likeness (QED) is 0.705. The van der Waals surface area contributed by atoms with Crippen LogP contribution in [0.5, 0.6) is 0 Å². The Kier molecular flexibility index (Phi) is 2.14. The number of benzene rings is 1. The third-order valence-corrected chi connectivity index (χ3v) is 2.22. The molecule has 1 aromatic carbocycles. The number of carbonyl (C=O) groups excluding carboxylic acids is 1. The van der Waals surface area contributed by atoms with Crippen LogP contribution in [0.2, 0.25) is 0 Å². The van der Waals surface area contributed by atoms with Gasteiger partial charge in [0.1, 0.15) is 0 Å². The third-order valence-electron chi connectivity index (χ3n) is 1.73. The molecule has 0 saturated carbocycles. The van der Waals surface area contributed by atoms with Crippen LogP contribution < -0.4 is 0 Å². The normalized spacial score (nSPS) is 15.5. The lowest BCUT2D eigenvalue weighted by atomic mass is 10.1. The van der Waals surface area contributed by atoms with Gasteiger partial charge in [-0.2, -0.15) is 0 Å².